The van der Waals surface area contributed by atoms with Gasteiger partial charge in [-0.1, -0.05) is 53.7 Å². The summed E-state index contributed by atoms with van der Waals surface area (Å²) in [5, 5.41) is 8.47. The molecule has 0 saturated carbocycles. The van der Waals surface area contributed by atoms with Gasteiger partial charge in [0.05, 0.1) is 17.6 Å². The van der Waals surface area contributed by atoms with Crippen LogP contribution in [0.5, 0.6) is 5.75 Å². The van der Waals surface area contributed by atoms with Gasteiger partial charge in [0.1, 0.15) is 6.61 Å². The Morgan fingerprint density at radius 3 is 2.43 bits per heavy atom. The normalized spacial score (nSPS) is 10.8. The van der Waals surface area contributed by atoms with E-state index in [1.165, 1.54) is 0 Å². The maximum absolute atomic E-state index is 12.3. The number of benzene rings is 2. The maximum Gasteiger partial charge on any atom is 0.290 e. The van der Waals surface area contributed by atoms with Gasteiger partial charge in [-0.05, 0) is 49.4 Å². The fraction of sp³-hybridized carbons (Fsp3) is 0.208. The fourth-order valence-electron chi connectivity index (χ4n) is 3.33. The lowest BCUT2D eigenvalue weighted by Crippen LogP contribution is -2.13. The summed E-state index contributed by atoms with van der Waals surface area (Å²) < 4.78 is 7.65. The number of hydrogen-bond acceptors (Lipinski definition) is 4. The SMILES string of the molecule is O=c1[nH]ccc(CCCCc2cn(-c3ccccc3)nn2)c1OCc1ccccc1. The molecule has 2 heterocycles. The summed E-state index contributed by atoms with van der Waals surface area (Å²) in [6, 6.07) is 21.7. The molecule has 4 rings (SSSR count). The van der Waals surface area contributed by atoms with Crippen LogP contribution < -0.4 is 10.3 Å². The Hall–Kier alpha value is -3.67. The van der Waals surface area contributed by atoms with Crippen molar-refractivity contribution in [2.75, 3.05) is 0 Å². The highest BCUT2D eigenvalue weighted by Gasteiger charge is 2.09. The van der Waals surface area contributed by atoms with Crippen LogP contribution in [0.3, 0.4) is 0 Å². The first-order valence-corrected chi connectivity index (χ1v) is 10.1. The third kappa shape index (κ3) is 5.03. The van der Waals surface area contributed by atoms with E-state index in [1.807, 2.05) is 72.9 Å². The first-order chi connectivity index (χ1) is 14.8. The number of H-pyrrole nitrogens is 1. The molecule has 0 aliphatic heterocycles. The first-order valence-electron chi connectivity index (χ1n) is 10.1. The molecule has 6 nitrogen and oxygen atoms in total. The number of nitrogens with one attached hydrogen (secondary N) is 1. The molecule has 0 saturated heterocycles. The molecule has 1 N–H and O–H groups in total. The van der Waals surface area contributed by atoms with Gasteiger partial charge in [-0.25, -0.2) is 4.68 Å². The minimum Gasteiger partial charge on any atom is -0.483 e. The van der Waals surface area contributed by atoms with E-state index in [0.29, 0.717) is 12.4 Å². The number of aromatic nitrogens is 4. The van der Waals surface area contributed by atoms with Crippen LogP contribution in [0.15, 0.2) is 83.9 Å². The van der Waals surface area contributed by atoms with E-state index in [-0.39, 0.29) is 5.56 Å². The van der Waals surface area contributed by atoms with E-state index in [9.17, 15) is 4.79 Å². The number of rotatable bonds is 9. The van der Waals surface area contributed by atoms with Gasteiger partial charge < -0.3 is 9.72 Å². The molecule has 30 heavy (non-hydrogen) atoms. The van der Waals surface area contributed by atoms with Gasteiger partial charge in [0.25, 0.3) is 5.56 Å². The zero-order valence-corrected chi connectivity index (χ0v) is 16.7. The van der Waals surface area contributed by atoms with Crippen LogP contribution in [0.25, 0.3) is 5.69 Å². The molecule has 2 aromatic heterocycles. The van der Waals surface area contributed by atoms with Crippen LogP contribution in [0.4, 0.5) is 0 Å². The maximum atomic E-state index is 12.3. The van der Waals surface area contributed by atoms with Crippen molar-refractivity contribution in [1.29, 1.82) is 0 Å². The molecule has 0 radical (unpaired) electrons. The number of pyridine rings is 1. The zero-order chi connectivity index (χ0) is 20.6. The van der Waals surface area contributed by atoms with Crippen molar-refractivity contribution in [3.05, 3.63) is 106 Å². The topological polar surface area (TPSA) is 72.8 Å². The molecule has 0 spiro atoms. The molecule has 6 heteroatoms. The highest BCUT2D eigenvalue weighted by atomic mass is 16.5. The van der Waals surface area contributed by atoms with Crippen LogP contribution in [0.1, 0.15) is 29.7 Å². The lowest BCUT2D eigenvalue weighted by atomic mass is 10.1. The van der Waals surface area contributed by atoms with Crippen molar-refractivity contribution >= 4 is 0 Å². The third-order valence-corrected chi connectivity index (χ3v) is 4.91. The summed E-state index contributed by atoms with van der Waals surface area (Å²) in [6.07, 6.45) is 7.16. The van der Waals surface area contributed by atoms with Crippen molar-refractivity contribution in [3.8, 4) is 11.4 Å². The molecule has 2 aromatic carbocycles. The standard InChI is InChI=1S/C24H24N4O2/c29-24-23(30-18-19-9-3-1-4-10-19)20(15-16-25-24)11-7-8-12-21-17-28(27-26-21)22-13-5-2-6-14-22/h1-6,9-10,13-17H,7-8,11-12,18H2,(H,25,29). The number of aromatic amines is 1. The second kappa shape index (κ2) is 9.69. The lowest BCUT2D eigenvalue weighted by molar-refractivity contribution is 0.298. The van der Waals surface area contributed by atoms with E-state index in [1.54, 1.807) is 10.9 Å². The van der Waals surface area contributed by atoms with Crippen molar-refractivity contribution in [2.45, 2.75) is 32.3 Å². The molecular weight excluding hydrogens is 376 g/mol. The number of ether oxygens (including phenoxy) is 1. The predicted molar refractivity (Wildman–Crippen MR) is 116 cm³/mol. The monoisotopic (exact) mass is 400 g/mol. The molecule has 4 aromatic rings. The molecule has 0 unspecified atom stereocenters. The van der Waals surface area contributed by atoms with Gasteiger partial charge in [0.2, 0.25) is 0 Å². The molecule has 0 bridgehead atoms. The second-order valence-electron chi connectivity index (χ2n) is 7.13. The number of unbranched alkanes of at least 4 members (excludes halogenated alkanes) is 1. The van der Waals surface area contributed by atoms with Crippen LogP contribution in [0.2, 0.25) is 0 Å². The van der Waals surface area contributed by atoms with Gasteiger partial charge in [-0.3, -0.25) is 4.79 Å². The van der Waals surface area contributed by atoms with Crippen molar-refractivity contribution in [3.63, 3.8) is 0 Å². The average Bonchev–Trinajstić information content (AvgIpc) is 3.26. The highest BCUT2D eigenvalue weighted by molar-refractivity contribution is 5.31. The van der Waals surface area contributed by atoms with Crippen LogP contribution in [0, 0.1) is 0 Å². The predicted octanol–water partition coefficient (Wildman–Crippen LogP) is 4.10. The Labute approximate surface area is 175 Å². The summed E-state index contributed by atoms with van der Waals surface area (Å²) in [5.41, 5.74) is 3.75. The highest BCUT2D eigenvalue weighted by Crippen LogP contribution is 2.17. The largest absolute Gasteiger partial charge is 0.483 e. The van der Waals surface area contributed by atoms with Crippen molar-refractivity contribution < 1.29 is 4.74 Å². The molecule has 0 atom stereocenters. The Kier molecular flexibility index (Phi) is 6.35. The Morgan fingerprint density at radius 2 is 1.63 bits per heavy atom. The smallest absolute Gasteiger partial charge is 0.290 e. The summed E-state index contributed by atoms with van der Waals surface area (Å²) in [6.45, 7) is 0.378. The second-order valence-corrected chi connectivity index (χ2v) is 7.13. The van der Waals surface area contributed by atoms with Gasteiger partial charge in [0, 0.05) is 11.8 Å². The summed E-state index contributed by atoms with van der Waals surface area (Å²) in [7, 11) is 0. The molecule has 0 aliphatic carbocycles. The quantitative estimate of drug-likeness (QED) is 0.429. The van der Waals surface area contributed by atoms with Crippen LogP contribution in [-0.4, -0.2) is 20.0 Å². The van der Waals surface area contributed by atoms with Gasteiger partial charge in [0.15, 0.2) is 5.75 Å². The Bertz CT molecular complexity index is 1120. The summed E-state index contributed by atoms with van der Waals surface area (Å²) in [5.74, 6) is 0.413. The number of nitrogens with zero attached hydrogens (tertiary/aromatic N) is 3. The van der Waals surface area contributed by atoms with E-state index < -0.39 is 0 Å². The Morgan fingerprint density at radius 1 is 0.900 bits per heavy atom. The molecule has 152 valence electrons. The average molecular weight is 400 g/mol. The van der Waals surface area contributed by atoms with Crippen LogP contribution >= 0.6 is 0 Å². The lowest BCUT2D eigenvalue weighted by Gasteiger charge is -2.10. The first kappa shape index (κ1) is 19.6. The van der Waals surface area contributed by atoms with Gasteiger partial charge in [-0.2, -0.15) is 0 Å². The van der Waals surface area contributed by atoms with E-state index in [2.05, 4.69) is 15.3 Å². The number of hydrogen-bond donors (Lipinski definition) is 1. The number of aryl methyl sites for hydroxylation is 2. The minimum absolute atomic E-state index is 0.186. The Balaban J connectivity index is 1.32. The van der Waals surface area contributed by atoms with E-state index >= 15 is 0 Å². The van der Waals surface area contributed by atoms with Crippen molar-refractivity contribution in [1.82, 2.24) is 20.0 Å². The molecular formula is C24H24N4O2. The van der Waals surface area contributed by atoms with Gasteiger partial charge in [-0.15, -0.1) is 5.10 Å². The molecule has 0 aliphatic rings. The minimum atomic E-state index is -0.186. The van der Waals surface area contributed by atoms with Crippen molar-refractivity contribution in [2.24, 2.45) is 0 Å². The molecule has 0 amide bonds. The summed E-state index contributed by atoms with van der Waals surface area (Å²) >= 11 is 0. The van der Waals surface area contributed by atoms with Crippen LogP contribution in [-0.2, 0) is 19.4 Å². The third-order valence-electron chi connectivity index (χ3n) is 4.91. The molecule has 0 fully saturated rings. The zero-order valence-electron chi connectivity index (χ0n) is 16.7. The number of para-hydroxylation sites is 1. The van der Waals surface area contributed by atoms with Gasteiger partial charge >= 0.3 is 0 Å². The van der Waals surface area contributed by atoms with E-state index in [4.69, 9.17) is 4.74 Å². The summed E-state index contributed by atoms with van der Waals surface area (Å²) in [4.78, 5) is 15.0. The van der Waals surface area contributed by atoms with E-state index in [0.717, 1.165) is 48.2 Å². The fourth-order valence-corrected chi connectivity index (χ4v) is 3.33.